The van der Waals surface area contributed by atoms with Gasteiger partial charge in [0.05, 0.1) is 24.5 Å². The summed E-state index contributed by atoms with van der Waals surface area (Å²) >= 11 is 0. The second kappa shape index (κ2) is 10.5. The van der Waals surface area contributed by atoms with Crippen molar-refractivity contribution in [3.05, 3.63) is 59.4 Å². The van der Waals surface area contributed by atoms with E-state index in [-0.39, 0.29) is 40.4 Å². The highest BCUT2D eigenvalue weighted by molar-refractivity contribution is 5.95. The zero-order chi connectivity index (χ0) is 31.0. The molecule has 4 aliphatic carbocycles. The van der Waals surface area contributed by atoms with Gasteiger partial charge in [-0.3, -0.25) is 14.5 Å². The maximum Gasteiger partial charge on any atom is 0.280 e. The van der Waals surface area contributed by atoms with Gasteiger partial charge >= 0.3 is 0 Å². The third kappa shape index (κ3) is 4.96. The zero-order valence-corrected chi connectivity index (χ0v) is 25.0. The number of amides is 1. The molecule has 2 bridgehead atoms. The van der Waals surface area contributed by atoms with Crippen LogP contribution in [0.3, 0.4) is 0 Å². The van der Waals surface area contributed by atoms with Gasteiger partial charge in [0, 0.05) is 49.3 Å². The van der Waals surface area contributed by atoms with E-state index in [9.17, 15) is 13.6 Å². The van der Waals surface area contributed by atoms with Crippen LogP contribution in [0.5, 0.6) is 5.75 Å². The maximum absolute atomic E-state index is 15.4. The Hall–Kier alpha value is -3.97. The van der Waals surface area contributed by atoms with Gasteiger partial charge in [0.2, 0.25) is 5.91 Å². The number of alkyl halides is 2. The van der Waals surface area contributed by atoms with Crippen LogP contribution in [0.4, 0.5) is 19.0 Å². The molecule has 4 saturated carbocycles. The molecule has 1 amide bonds. The van der Waals surface area contributed by atoms with Crippen LogP contribution < -0.4 is 10.1 Å². The molecule has 4 aromatic heterocycles. The van der Waals surface area contributed by atoms with Crippen molar-refractivity contribution in [2.24, 2.45) is 18.9 Å². The van der Waals surface area contributed by atoms with Gasteiger partial charge in [-0.2, -0.15) is 5.10 Å². The summed E-state index contributed by atoms with van der Waals surface area (Å²) in [6.07, 6.45) is 3.49. The van der Waals surface area contributed by atoms with Crippen LogP contribution in [0.15, 0.2) is 36.7 Å². The van der Waals surface area contributed by atoms with Crippen molar-refractivity contribution in [2.45, 2.75) is 49.5 Å². The fourth-order valence-electron chi connectivity index (χ4n) is 7.39. The number of fused-ring (bicyclic) bond motifs is 1. The number of ether oxygens (including phenoxy) is 2. The number of hydrogen-bond acceptors (Lipinski definition) is 7. The summed E-state index contributed by atoms with van der Waals surface area (Å²) < 4.78 is 58.1. The van der Waals surface area contributed by atoms with Crippen molar-refractivity contribution in [2.75, 3.05) is 38.7 Å². The molecule has 4 aromatic rings. The summed E-state index contributed by atoms with van der Waals surface area (Å²) in [5, 5.41) is 11.4. The van der Waals surface area contributed by atoms with E-state index in [1.165, 1.54) is 10.7 Å². The SMILES string of the molecule is CN1CCO[C@@H](COc2cnn(C)c2-c2cc3cc(NC(=O)[C@H]4C[C@H]4c4ccc(C56CC(C5)C6)c(C(F)F)n4)nn3cc2F)C1. The lowest BCUT2D eigenvalue weighted by molar-refractivity contribution is -0.117. The molecule has 0 aromatic carbocycles. The lowest BCUT2D eigenvalue weighted by Gasteiger charge is -2.62. The second-order valence-corrected chi connectivity index (χ2v) is 13.1. The average molecular weight is 622 g/mol. The molecule has 5 fully saturated rings. The molecule has 236 valence electrons. The van der Waals surface area contributed by atoms with Crippen LogP contribution in [0.25, 0.3) is 16.8 Å². The molecule has 0 spiro atoms. The minimum absolute atomic E-state index is 0.102. The number of likely N-dealkylation sites (N-methyl/N-ethyl adjacent to an activating group) is 1. The van der Waals surface area contributed by atoms with Crippen molar-refractivity contribution >= 4 is 17.2 Å². The summed E-state index contributed by atoms with van der Waals surface area (Å²) in [5.74, 6) is -0.0581. The standard InChI is InChI=1S/C32H34F3N7O3/c1-40-5-6-44-19(14-40)16-45-26-13-36-41(2)29(26)22-7-18-8-27(39-42(18)15-24(22)33)38-31(43)21-9-20(21)25-4-3-23(28(37-25)30(34)35)32-10-17(11-32)12-32/h3-4,7-8,13,15,17,19-21,30H,5-6,9-12,14,16H2,1-2H3,(H,38,39,43)/t17?,19-,20-,21+,32?/m1/s1. The predicted octanol–water partition coefficient (Wildman–Crippen LogP) is 4.71. The molecular formula is C32H34F3N7O3. The molecule has 1 aliphatic heterocycles. The number of aryl methyl sites for hydroxylation is 1. The minimum atomic E-state index is -2.65. The third-order valence-corrected chi connectivity index (χ3v) is 10.00. The highest BCUT2D eigenvalue weighted by Crippen LogP contribution is 2.66. The van der Waals surface area contributed by atoms with E-state index in [1.807, 2.05) is 19.2 Å². The summed E-state index contributed by atoms with van der Waals surface area (Å²) in [6.45, 7) is 2.54. The number of morpholine rings is 1. The molecular weight excluding hydrogens is 587 g/mol. The van der Waals surface area contributed by atoms with Gasteiger partial charge < -0.3 is 19.7 Å². The first kappa shape index (κ1) is 28.5. The number of anilines is 1. The molecule has 0 unspecified atom stereocenters. The number of aromatic nitrogens is 5. The zero-order valence-electron chi connectivity index (χ0n) is 25.0. The minimum Gasteiger partial charge on any atom is -0.487 e. The second-order valence-electron chi connectivity index (χ2n) is 13.1. The molecule has 5 heterocycles. The van der Waals surface area contributed by atoms with Crippen LogP contribution in [0, 0.1) is 17.7 Å². The summed E-state index contributed by atoms with van der Waals surface area (Å²) in [7, 11) is 3.74. The number of pyridine rings is 2. The van der Waals surface area contributed by atoms with Gasteiger partial charge in [-0.25, -0.2) is 17.7 Å². The van der Waals surface area contributed by atoms with Crippen molar-refractivity contribution in [3.63, 3.8) is 0 Å². The first-order chi connectivity index (χ1) is 21.7. The number of hydrogen-bond donors (Lipinski definition) is 1. The highest BCUT2D eigenvalue weighted by atomic mass is 19.3. The Balaban J connectivity index is 0.967. The Kier molecular flexibility index (Phi) is 6.68. The van der Waals surface area contributed by atoms with E-state index in [1.54, 1.807) is 30.1 Å². The van der Waals surface area contributed by atoms with E-state index < -0.39 is 18.2 Å². The molecule has 10 nitrogen and oxygen atoms in total. The molecule has 1 N–H and O–H groups in total. The first-order valence-corrected chi connectivity index (χ1v) is 15.4. The van der Waals surface area contributed by atoms with Crippen molar-refractivity contribution < 1.29 is 27.4 Å². The smallest absolute Gasteiger partial charge is 0.280 e. The molecule has 0 radical (unpaired) electrons. The van der Waals surface area contributed by atoms with E-state index in [2.05, 4.69) is 25.4 Å². The lowest BCUT2D eigenvalue weighted by atomic mass is 9.42. The quantitative estimate of drug-likeness (QED) is 0.289. The third-order valence-electron chi connectivity index (χ3n) is 10.00. The summed E-state index contributed by atoms with van der Waals surface area (Å²) in [5.41, 5.74) is 2.27. The van der Waals surface area contributed by atoms with Crippen molar-refractivity contribution in [1.82, 2.24) is 29.3 Å². The topological polar surface area (TPSA) is 98.8 Å². The summed E-state index contributed by atoms with van der Waals surface area (Å²) in [6, 6.07) is 6.91. The monoisotopic (exact) mass is 621 g/mol. The Bertz CT molecular complexity index is 1790. The Morgan fingerprint density at radius 2 is 2.04 bits per heavy atom. The number of carbonyl (C=O) groups is 1. The molecule has 13 heteroatoms. The summed E-state index contributed by atoms with van der Waals surface area (Å²) in [4.78, 5) is 19.7. The number of rotatable bonds is 9. The average Bonchev–Trinajstić information content (AvgIpc) is 3.55. The Labute approximate surface area is 257 Å². The van der Waals surface area contributed by atoms with Crippen LogP contribution in [0.1, 0.15) is 55.0 Å². The molecule has 9 rings (SSSR count). The Morgan fingerprint density at radius 1 is 1.22 bits per heavy atom. The number of halogens is 3. The van der Waals surface area contributed by atoms with Crippen LogP contribution in [-0.2, 0) is 22.0 Å². The van der Waals surface area contributed by atoms with E-state index >= 15 is 4.39 Å². The van der Waals surface area contributed by atoms with Gasteiger partial charge in [-0.1, -0.05) is 6.07 Å². The lowest BCUT2D eigenvalue weighted by Crippen LogP contribution is -2.55. The van der Waals surface area contributed by atoms with Crippen LogP contribution in [0.2, 0.25) is 0 Å². The van der Waals surface area contributed by atoms with Crippen molar-refractivity contribution in [1.29, 1.82) is 0 Å². The van der Waals surface area contributed by atoms with E-state index in [4.69, 9.17) is 9.47 Å². The molecule has 3 atom stereocenters. The van der Waals surface area contributed by atoms with Gasteiger partial charge in [-0.05, 0) is 61.8 Å². The van der Waals surface area contributed by atoms with Gasteiger partial charge in [0.15, 0.2) is 17.4 Å². The first-order valence-electron chi connectivity index (χ1n) is 15.4. The fourth-order valence-corrected chi connectivity index (χ4v) is 7.39. The Morgan fingerprint density at radius 3 is 2.78 bits per heavy atom. The fraction of sp³-hybridized carbons (Fsp3) is 0.500. The molecule has 5 aliphatic rings. The largest absolute Gasteiger partial charge is 0.487 e. The van der Waals surface area contributed by atoms with Gasteiger partial charge in [0.25, 0.3) is 6.43 Å². The number of carbonyl (C=O) groups excluding carboxylic acids is 1. The maximum atomic E-state index is 15.4. The van der Waals surface area contributed by atoms with E-state index in [0.717, 1.165) is 32.4 Å². The van der Waals surface area contributed by atoms with Gasteiger partial charge in [-0.15, -0.1) is 5.10 Å². The number of nitrogens with one attached hydrogen (secondary N) is 1. The molecule has 1 saturated heterocycles. The molecule has 45 heavy (non-hydrogen) atoms. The van der Waals surface area contributed by atoms with E-state index in [0.29, 0.717) is 53.8 Å². The normalized spacial score (nSPS) is 27.3. The highest BCUT2D eigenvalue weighted by Gasteiger charge is 2.59. The van der Waals surface area contributed by atoms with Crippen LogP contribution >= 0.6 is 0 Å². The predicted molar refractivity (Wildman–Crippen MR) is 158 cm³/mol. The van der Waals surface area contributed by atoms with Crippen molar-refractivity contribution in [3.8, 4) is 17.0 Å². The van der Waals surface area contributed by atoms with Crippen LogP contribution in [-0.4, -0.2) is 74.6 Å². The van der Waals surface area contributed by atoms with Gasteiger partial charge in [0.1, 0.15) is 24.1 Å². The number of nitrogens with zero attached hydrogens (tertiary/aromatic N) is 6.